The molecule has 11 atom stereocenters. The fourth-order valence-electron chi connectivity index (χ4n) is 10.7. The van der Waals surface area contributed by atoms with Crippen molar-refractivity contribution in [1.82, 2.24) is 0 Å². The molecule has 9 aliphatic rings. The molecule has 280 valence electrons. The van der Waals surface area contributed by atoms with Crippen LogP contribution in [-0.4, -0.2) is 84.4 Å². The molecule has 11 heteroatoms. The fourth-order valence-corrected chi connectivity index (χ4v) is 10.7. The van der Waals surface area contributed by atoms with E-state index in [2.05, 4.69) is 32.9 Å². The molecule has 9 rings (SSSR count). The van der Waals surface area contributed by atoms with Gasteiger partial charge in [-0.2, -0.15) is 19.2 Å². The number of allylic oxidation sites excluding steroid dienone is 1. The molecule has 0 radical (unpaired) electrons. The first-order chi connectivity index (χ1) is 24.2. The second kappa shape index (κ2) is 16.1. The zero-order valence-corrected chi connectivity index (χ0v) is 30.3. The van der Waals surface area contributed by atoms with Crippen LogP contribution in [0.25, 0.3) is 0 Å². The van der Waals surface area contributed by atoms with Crippen LogP contribution in [0.5, 0.6) is 0 Å². The molecule has 4 bridgehead atoms. The summed E-state index contributed by atoms with van der Waals surface area (Å²) < 4.78 is 45.3. The van der Waals surface area contributed by atoms with Crippen molar-refractivity contribution < 1.29 is 52.3 Å². The van der Waals surface area contributed by atoms with Crippen molar-refractivity contribution in [2.24, 2.45) is 5.41 Å². The first-order valence-corrected chi connectivity index (χ1v) is 19.5. The van der Waals surface area contributed by atoms with Crippen LogP contribution in [0, 0.1) is 5.41 Å². The van der Waals surface area contributed by atoms with E-state index in [1.165, 1.54) is 38.5 Å². The molecule has 0 amide bonds. The topological polar surface area (TPSA) is 133 Å². The van der Waals surface area contributed by atoms with Crippen LogP contribution in [0.1, 0.15) is 143 Å². The van der Waals surface area contributed by atoms with Crippen LogP contribution in [0.2, 0.25) is 0 Å². The van der Waals surface area contributed by atoms with E-state index >= 15 is 0 Å². The van der Waals surface area contributed by atoms with Gasteiger partial charge in [0.25, 0.3) is 0 Å². The molecule has 0 aromatic heterocycles. The Bertz CT molecular complexity index is 1220. The van der Waals surface area contributed by atoms with Crippen molar-refractivity contribution in [3.63, 3.8) is 0 Å². The Balaban J connectivity index is 0.000000150. The van der Waals surface area contributed by atoms with Gasteiger partial charge in [-0.25, -0.2) is 0 Å². The molecule has 0 aromatic rings. The molecular weight excluding hydrogens is 644 g/mol. The smallest absolute Gasteiger partial charge is 0.371 e. The van der Waals surface area contributed by atoms with Gasteiger partial charge in [0.1, 0.15) is 12.2 Å². The minimum absolute atomic E-state index is 0.0890. The van der Waals surface area contributed by atoms with Crippen LogP contribution in [0.4, 0.5) is 0 Å². The van der Waals surface area contributed by atoms with Gasteiger partial charge in [0.2, 0.25) is 0 Å². The standard InChI is InChI=1S/C19H30O3.C18H28O4.2CO2/c1-3-4-6-9-16-18(2)12-14(20-16)17-15(13-18)21-19(22-17)10-7-5-8-11-19;1-2-12-6-7-15-17(20-12)10-13(19-15)16-14(11-17)21-18(22-16)8-4-3-5-9-18;2*2-1-3/h4,6,14-17H,3,5,7-13H2,1-2H3;12-16H,2-11H2,1H3;;/b6-4+;;;/t14-,15-,16+,17+,18+;12-,13+,14+,15-,16-,17+;;/m10../s1. The Morgan fingerprint density at radius 2 is 1.14 bits per heavy atom. The Morgan fingerprint density at radius 3 is 1.70 bits per heavy atom. The Morgan fingerprint density at radius 1 is 0.620 bits per heavy atom. The molecule has 5 heterocycles. The Hall–Kier alpha value is -1.78. The van der Waals surface area contributed by atoms with Gasteiger partial charge < -0.3 is 33.2 Å². The van der Waals surface area contributed by atoms with E-state index in [9.17, 15) is 0 Å². The van der Waals surface area contributed by atoms with Gasteiger partial charge in [-0.3, -0.25) is 0 Å². The first-order valence-electron chi connectivity index (χ1n) is 19.5. The third kappa shape index (κ3) is 7.64. The van der Waals surface area contributed by atoms with Crippen molar-refractivity contribution in [2.45, 2.75) is 215 Å². The monoisotopic (exact) mass is 702 g/mol. The highest BCUT2D eigenvalue weighted by Gasteiger charge is 2.65. The van der Waals surface area contributed by atoms with E-state index in [0.717, 1.165) is 83.5 Å². The third-order valence-corrected chi connectivity index (χ3v) is 13.0. The van der Waals surface area contributed by atoms with Gasteiger partial charge in [0.05, 0.1) is 48.3 Å². The molecule has 0 unspecified atom stereocenters. The summed E-state index contributed by atoms with van der Waals surface area (Å²) in [7, 11) is 0. The highest BCUT2D eigenvalue weighted by Crippen LogP contribution is 2.57. The van der Waals surface area contributed by atoms with E-state index in [1.807, 2.05) is 0 Å². The SMILES string of the molecule is CC/C=C/C[C@@H]1O[C@@H]2C[C@@]1(C)C[C@H]1OC3(CCCCC3)O[C@@H]21.CC[C@H]1CC[C@@H]2O[C@@H]3C[C@]2(C[C@H]2OC4(CCCCC4)O[C@@H]32)O1.O=C=O.O=C=O. The van der Waals surface area contributed by atoms with Gasteiger partial charge in [-0.05, 0) is 76.0 Å². The van der Waals surface area contributed by atoms with E-state index in [0.29, 0.717) is 12.2 Å². The molecule has 5 aliphatic heterocycles. The Labute approximate surface area is 296 Å². The Kier molecular flexibility index (Phi) is 12.2. The zero-order chi connectivity index (χ0) is 35.4. The predicted octanol–water partition coefficient (Wildman–Crippen LogP) is 6.51. The van der Waals surface area contributed by atoms with Crippen molar-refractivity contribution in [1.29, 1.82) is 0 Å². The first kappa shape index (κ1) is 38.0. The van der Waals surface area contributed by atoms with Crippen molar-refractivity contribution in [3.8, 4) is 0 Å². The van der Waals surface area contributed by atoms with E-state index in [4.69, 9.17) is 52.3 Å². The van der Waals surface area contributed by atoms with Gasteiger partial charge >= 0.3 is 12.3 Å². The molecular formula is C39H58O11. The number of rotatable bonds is 4. The molecule has 4 saturated carbocycles. The van der Waals surface area contributed by atoms with Crippen molar-refractivity contribution in [3.05, 3.63) is 12.2 Å². The molecule has 3 spiro atoms. The summed E-state index contributed by atoms with van der Waals surface area (Å²) in [5, 5.41) is 0. The van der Waals surface area contributed by atoms with E-state index in [1.54, 1.807) is 0 Å². The zero-order valence-electron chi connectivity index (χ0n) is 30.3. The molecule has 50 heavy (non-hydrogen) atoms. The summed E-state index contributed by atoms with van der Waals surface area (Å²) in [6.07, 6.45) is 28.8. The molecule has 9 fully saturated rings. The number of carbonyl (C=O) groups excluding carboxylic acids is 4. The van der Waals surface area contributed by atoms with Gasteiger partial charge in [0.15, 0.2) is 11.6 Å². The molecule has 11 nitrogen and oxygen atoms in total. The molecule has 5 saturated heterocycles. The van der Waals surface area contributed by atoms with Crippen LogP contribution in [-0.2, 0) is 52.3 Å². The maximum absolute atomic E-state index is 8.12. The maximum Gasteiger partial charge on any atom is 0.373 e. The van der Waals surface area contributed by atoms with Crippen LogP contribution >= 0.6 is 0 Å². The molecule has 0 N–H and O–H groups in total. The lowest BCUT2D eigenvalue weighted by molar-refractivity contribution is -0.215. The lowest BCUT2D eigenvalue weighted by Gasteiger charge is -2.44. The second-order valence-electron chi connectivity index (χ2n) is 16.3. The third-order valence-electron chi connectivity index (χ3n) is 13.0. The van der Waals surface area contributed by atoms with Crippen molar-refractivity contribution in [2.75, 3.05) is 0 Å². The highest BCUT2D eigenvalue weighted by molar-refractivity contribution is 5.20. The number of fused-ring (bicyclic) bond motifs is 7. The van der Waals surface area contributed by atoms with Gasteiger partial charge in [-0.1, -0.05) is 45.8 Å². The van der Waals surface area contributed by atoms with Gasteiger partial charge in [-0.15, -0.1) is 0 Å². The average molecular weight is 703 g/mol. The summed E-state index contributed by atoms with van der Waals surface area (Å²) in [4.78, 5) is 32.5. The average Bonchev–Trinajstić information content (AvgIpc) is 3.81. The van der Waals surface area contributed by atoms with Crippen LogP contribution in [0.15, 0.2) is 12.2 Å². The number of ether oxygens (including phenoxy) is 7. The van der Waals surface area contributed by atoms with E-state index in [-0.39, 0.29) is 77.6 Å². The van der Waals surface area contributed by atoms with E-state index < -0.39 is 0 Å². The second-order valence-corrected chi connectivity index (χ2v) is 16.3. The lowest BCUT2D eigenvalue weighted by atomic mass is 9.70. The number of hydrogen-bond donors (Lipinski definition) is 0. The largest absolute Gasteiger partial charge is 0.373 e. The summed E-state index contributed by atoms with van der Waals surface area (Å²) in [6, 6.07) is 0. The summed E-state index contributed by atoms with van der Waals surface area (Å²) in [6.45, 7) is 6.80. The minimum atomic E-state index is -0.299. The summed E-state index contributed by atoms with van der Waals surface area (Å²) in [5.41, 5.74) is 0.168. The molecule has 0 aromatic carbocycles. The maximum atomic E-state index is 8.12. The summed E-state index contributed by atoms with van der Waals surface area (Å²) in [5.74, 6) is -0.568. The fraction of sp³-hybridized carbons (Fsp3) is 0.897. The minimum Gasteiger partial charge on any atom is -0.371 e. The van der Waals surface area contributed by atoms with Crippen molar-refractivity contribution >= 4 is 12.3 Å². The quantitative estimate of drug-likeness (QED) is 0.297. The number of hydrogen-bond acceptors (Lipinski definition) is 11. The van der Waals surface area contributed by atoms with Crippen LogP contribution < -0.4 is 0 Å². The summed E-state index contributed by atoms with van der Waals surface area (Å²) >= 11 is 0. The van der Waals surface area contributed by atoms with Crippen LogP contribution in [0.3, 0.4) is 0 Å². The lowest BCUT2D eigenvalue weighted by Crippen LogP contribution is -2.53. The predicted molar refractivity (Wildman–Crippen MR) is 176 cm³/mol. The highest BCUT2D eigenvalue weighted by atomic mass is 16.8. The van der Waals surface area contributed by atoms with Gasteiger partial charge in [0, 0.05) is 38.5 Å². The normalized spacial score (nSPS) is 43.9. The molecule has 4 aliphatic carbocycles.